The van der Waals surface area contributed by atoms with Crippen LogP contribution in [0.15, 0.2) is 30.3 Å². The minimum Gasteiger partial charge on any atom is -0.368 e. The Morgan fingerprint density at radius 1 is 1.12 bits per heavy atom. The van der Waals surface area contributed by atoms with Gasteiger partial charge in [0.05, 0.1) is 6.61 Å². The van der Waals surface area contributed by atoms with Crippen molar-refractivity contribution in [2.24, 2.45) is 5.92 Å². The van der Waals surface area contributed by atoms with Crippen LogP contribution in [0.5, 0.6) is 0 Å². The number of hydrogen-bond acceptors (Lipinski definition) is 4. The quantitative estimate of drug-likeness (QED) is 0.629. The van der Waals surface area contributed by atoms with Crippen molar-refractivity contribution in [3.8, 4) is 0 Å². The molecule has 0 heterocycles. The monoisotopic (exact) mass is 226 g/mol. The third-order valence-corrected chi connectivity index (χ3v) is 2.37. The van der Waals surface area contributed by atoms with Crippen molar-refractivity contribution in [1.82, 2.24) is 0 Å². The van der Waals surface area contributed by atoms with E-state index in [1.807, 2.05) is 30.3 Å². The Morgan fingerprint density at radius 2 is 1.75 bits per heavy atom. The lowest BCUT2D eigenvalue weighted by molar-refractivity contribution is -0.148. The molecule has 1 aromatic carbocycles. The van der Waals surface area contributed by atoms with E-state index in [1.165, 1.54) is 0 Å². The zero-order chi connectivity index (χ0) is 12.0. The molecule has 2 atom stereocenters. The smallest absolute Gasteiger partial charge is 0.155 e. The van der Waals surface area contributed by atoms with E-state index in [4.69, 9.17) is 14.9 Å². The van der Waals surface area contributed by atoms with Gasteiger partial charge in [0, 0.05) is 12.3 Å². The molecule has 16 heavy (non-hydrogen) atoms. The second-order valence-corrected chi connectivity index (χ2v) is 3.88. The summed E-state index contributed by atoms with van der Waals surface area (Å²) in [7, 11) is 0. The van der Waals surface area contributed by atoms with Crippen LogP contribution in [-0.2, 0) is 11.3 Å². The fraction of sp³-hybridized carbons (Fsp3) is 0.500. The van der Waals surface area contributed by atoms with E-state index in [2.05, 4.69) is 0 Å². The molecule has 0 saturated carbocycles. The molecule has 0 amide bonds. The number of rotatable bonds is 6. The summed E-state index contributed by atoms with van der Waals surface area (Å²) in [6.45, 7) is 1.95. The van der Waals surface area contributed by atoms with Gasteiger partial charge in [-0.05, 0) is 5.56 Å². The maximum absolute atomic E-state index is 9.49. The highest BCUT2D eigenvalue weighted by molar-refractivity contribution is 5.13. The Labute approximate surface area is 95.1 Å². The summed E-state index contributed by atoms with van der Waals surface area (Å²) in [5, 5.41) is 27.2. The van der Waals surface area contributed by atoms with Crippen LogP contribution in [0.4, 0.5) is 0 Å². The van der Waals surface area contributed by atoms with Crippen LogP contribution >= 0.6 is 0 Å². The van der Waals surface area contributed by atoms with Gasteiger partial charge >= 0.3 is 0 Å². The molecule has 0 fully saturated rings. The van der Waals surface area contributed by atoms with Crippen molar-refractivity contribution in [3.63, 3.8) is 0 Å². The first-order valence-corrected chi connectivity index (χ1v) is 5.29. The van der Waals surface area contributed by atoms with Gasteiger partial charge in [0.15, 0.2) is 12.6 Å². The summed E-state index contributed by atoms with van der Waals surface area (Å²) < 4.78 is 5.18. The van der Waals surface area contributed by atoms with Gasteiger partial charge in [0.1, 0.15) is 0 Å². The molecule has 0 saturated heterocycles. The number of hydrogen-bond donors (Lipinski definition) is 3. The summed E-state index contributed by atoms with van der Waals surface area (Å²) in [5.74, 6) is -0.411. The number of aliphatic hydroxyl groups is 3. The van der Waals surface area contributed by atoms with Crippen LogP contribution in [0.2, 0.25) is 0 Å². The highest BCUT2D eigenvalue weighted by atomic mass is 16.6. The largest absolute Gasteiger partial charge is 0.368 e. The summed E-state index contributed by atoms with van der Waals surface area (Å²) in [6.07, 6.45) is -2.20. The molecule has 1 rings (SSSR count). The summed E-state index contributed by atoms with van der Waals surface area (Å²) in [4.78, 5) is 0. The lowest BCUT2D eigenvalue weighted by atomic mass is 10.1. The van der Waals surface area contributed by atoms with E-state index in [0.717, 1.165) is 5.56 Å². The van der Waals surface area contributed by atoms with Crippen molar-refractivity contribution in [2.75, 3.05) is 0 Å². The Bertz CT molecular complexity index is 286. The van der Waals surface area contributed by atoms with E-state index < -0.39 is 18.5 Å². The SMILES string of the molecule is CC(CC(O)OCc1ccccc1)C(O)O. The molecule has 0 aliphatic heterocycles. The first-order valence-electron chi connectivity index (χ1n) is 5.29. The first-order chi connectivity index (χ1) is 7.59. The van der Waals surface area contributed by atoms with Gasteiger partial charge in [-0.3, -0.25) is 0 Å². The van der Waals surface area contributed by atoms with Gasteiger partial charge in [0.2, 0.25) is 0 Å². The fourth-order valence-electron chi connectivity index (χ4n) is 1.27. The van der Waals surface area contributed by atoms with E-state index >= 15 is 0 Å². The normalized spacial score (nSPS) is 15.1. The van der Waals surface area contributed by atoms with Gasteiger partial charge in [0.25, 0.3) is 0 Å². The lowest BCUT2D eigenvalue weighted by Crippen LogP contribution is -2.23. The zero-order valence-electron chi connectivity index (χ0n) is 9.28. The van der Waals surface area contributed by atoms with Crippen LogP contribution in [0.1, 0.15) is 18.9 Å². The third-order valence-electron chi connectivity index (χ3n) is 2.37. The molecule has 0 aromatic heterocycles. The summed E-state index contributed by atoms with van der Waals surface area (Å²) in [6, 6.07) is 9.49. The molecular formula is C12H18O4. The topological polar surface area (TPSA) is 69.9 Å². The van der Waals surface area contributed by atoms with Crippen LogP contribution in [-0.4, -0.2) is 27.9 Å². The van der Waals surface area contributed by atoms with Crippen molar-refractivity contribution in [2.45, 2.75) is 32.5 Å². The molecule has 2 unspecified atom stereocenters. The maximum atomic E-state index is 9.49. The molecule has 0 radical (unpaired) electrons. The van der Waals surface area contributed by atoms with Crippen molar-refractivity contribution in [1.29, 1.82) is 0 Å². The molecule has 0 spiro atoms. The average molecular weight is 226 g/mol. The maximum Gasteiger partial charge on any atom is 0.155 e. The number of aliphatic hydroxyl groups excluding tert-OH is 2. The standard InChI is InChI=1S/C12H18O4/c1-9(12(14)15)7-11(13)16-8-10-5-3-2-4-6-10/h2-6,9,11-15H,7-8H2,1H3. The fourth-order valence-corrected chi connectivity index (χ4v) is 1.27. The first kappa shape index (κ1) is 13.1. The van der Waals surface area contributed by atoms with Crippen LogP contribution in [0.25, 0.3) is 0 Å². The van der Waals surface area contributed by atoms with Crippen molar-refractivity contribution in [3.05, 3.63) is 35.9 Å². The van der Waals surface area contributed by atoms with Gasteiger partial charge in [-0.2, -0.15) is 0 Å². The number of ether oxygens (including phenoxy) is 1. The Morgan fingerprint density at radius 3 is 2.31 bits per heavy atom. The van der Waals surface area contributed by atoms with E-state index in [1.54, 1.807) is 6.92 Å². The van der Waals surface area contributed by atoms with Crippen LogP contribution in [0.3, 0.4) is 0 Å². The van der Waals surface area contributed by atoms with Crippen LogP contribution in [0, 0.1) is 5.92 Å². The Hall–Kier alpha value is -0.940. The highest BCUT2D eigenvalue weighted by Gasteiger charge is 2.16. The molecule has 1 aromatic rings. The molecule has 0 aliphatic rings. The van der Waals surface area contributed by atoms with E-state index in [-0.39, 0.29) is 6.42 Å². The molecule has 4 heteroatoms. The van der Waals surface area contributed by atoms with Crippen LogP contribution < -0.4 is 0 Å². The second kappa shape index (κ2) is 6.60. The average Bonchev–Trinajstić information content (AvgIpc) is 2.27. The molecule has 90 valence electrons. The molecule has 0 aliphatic carbocycles. The number of benzene rings is 1. The molecule has 3 N–H and O–H groups in total. The lowest BCUT2D eigenvalue weighted by Gasteiger charge is -2.18. The third kappa shape index (κ3) is 4.72. The zero-order valence-corrected chi connectivity index (χ0v) is 9.28. The van der Waals surface area contributed by atoms with Gasteiger partial charge in [-0.25, -0.2) is 0 Å². The minimum atomic E-state index is -1.42. The predicted octanol–water partition coefficient (Wildman–Crippen LogP) is 0.858. The second-order valence-electron chi connectivity index (χ2n) is 3.88. The summed E-state index contributed by atoms with van der Waals surface area (Å²) >= 11 is 0. The van der Waals surface area contributed by atoms with E-state index in [9.17, 15) is 5.11 Å². The van der Waals surface area contributed by atoms with Gasteiger partial charge < -0.3 is 20.1 Å². The van der Waals surface area contributed by atoms with Crippen molar-refractivity contribution >= 4 is 0 Å². The van der Waals surface area contributed by atoms with Gasteiger partial charge in [-0.1, -0.05) is 37.3 Å². The molecular weight excluding hydrogens is 208 g/mol. The molecule has 0 bridgehead atoms. The van der Waals surface area contributed by atoms with E-state index in [0.29, 0.717) is 6.61 Å². The predicted molar refractivity (Wildman–Crippen MR) is 59.2 cm³/mol. The Kier molecular flexibility index (Phi) is 5.42. The minimum absolute atomic E-state index is 0.199. The van der Waals surface area contributed by atoms with Gasteiger partial charge in [-0.15, -0.1) is 0 Å². The van der Waals surface area contributed by atoms with Crippen molar-refractivity contribution < 1.29 is 20.1 Å². The Balaban J connectivity index is 2.28. The molecule has 4 nitrogen and oxygen atoms in total. The highest BCUT2D eigenvalue weighted by Crippen LogP contribution is 2.12. The summed E-state index contributed by atoms with van der Waals surface area (Å²) in [5.41, 5.74) is 0.971.